The molecule has 1 aromatic heterocycles. The van der Waals surface area contributed by atoms with Gasteiger partial charge < -0.3 is 10.6 Å². The van der Waals surface area contributed by atoms with Crippen LogP contribution in [-0.2, 0) is 6.42 Å². The number of benzene rings is 1. The fraction of sp³-hybridized carbons (Fsp3) is 0.231. The van der Waals surface area contributed by atoms with E-state index in [1.54, 1.807) is 17.4 Å². The van der Waals surface area contributed by atoms with Crippen molar-refractivity contribution in [1.29, 1.82) is 0 Å². The number of nitrogen functional groups attached to an aromatic ring is 1. The van der Waals surface area contributed by atoms with Crippen LogP contribution in [0.5, 0.6) is 0 Å². The lowest BCUT2D eigenvalue weighted by Gasteiger charge is -2.20. The van der Waals surface area contributed by atoms with Crippen molar-refractivity contribution in [3.8, 4) is 0 Å². The molecule has 2 N–H and O–H groups in total. The molecule has 17 heavy (non-hydrogen) atoms. The van der Waals surface area contributed by atoms with Crippen LogP contribution in [0.4, 0.5) is 11.4 Å². The van der Waals surface area contributed by atoms with Gasteiger partial charge in [-0.1, -0.05) is 17.7 Å². The predicted molar refractivity (Wildman–Crippen MR) is 77.2 cm³/mol. The van der Waals surface area contributed by atoms with Crippen LogP contribution in [0.25, 0.3) is 0 Å². The van der Waals surface area contributed by atoms with Gasteiger partial charge in [-0.15, -0.1) is 11.3 Å². The molecule has 0 saturated carbocycles. The van der Waals surface area contributed by atoms with E-state index in [-0.39, 0.29) is 0 Å². The van der Waals surface area contributed by atoms with E-state index >= 15 is 0 Å². The summed E-state index contributed by atoms with van der Waals surface area (Å²) in [4.78, 5) is 3.55. The lowest BCUT2D eigenvalue weighted by Crippen LogP contribution is -2.20. The number of hydrogen-bond donors (Lipinski definition) is 1. The second-order valence-corrected chi connectivity index (χ2v) is 5.40. The van der Waals surface area contributed by atoms with Crippen LogP contribution >= 0.6 is 22.9 Å². The van der Waals surface area contributed by atoms with Crippen molar-refractivity contribution in [2.75, 3.05) is 24.2 Å². The average Bonchev–Trinajstić information content (AvgIpc) is 2.78. The molecule has 4 heteroatoms. The van der Waals surface area contributed by atoms with E-state index in [0.717, 1.165) is 18.7 Å². The van der Waals surface area contributed by atoms with Gasteiger partial charge in [0.25, 0.3) is 0 Å². The molecular weight excluding hydrogens is 252 g/mol. The summed E-state index contributed by atoms with van der Waals surface area (Å²) in [7, 11) is 2.05. The van der Waals surface area contributed by atoms with Gasteiger partial charge in [-0.2, -0.15) is 0 Å². The minimum atomic E-state index is 0.699. The van der Waals surface area contributed by atoms with Crippen LogP contribution in [0.3, 0.4) is 0 Å². The third-order valence-electron chi connectivity index (χ3n) is 2.66. The van der Waals surface area contributed by atoms with E-state index in [2.05, 4.69) is 22.4 Å². The Hall–Kier alpha value is -1.19. The van der Waals surface area contributed by atoms with E-state index in [9.17, 15) is 0 Å². The van der Waals surface area contributed by atoms with Crippen LogP contribution < -0.4 is 10.6 Å². The molecule has 0 radical (unpaired) electrons. The van der Waals surface area contributed by atoms with Gasteiger partial charge in [0.05, 0.1) is 10.7 Å². The van der Waals surface area contributed by atoms with Crippen molar-refractivity contribution in [3.63, 3.8) is 0 Å². The van der Waals surface area contributed by atoms with Crippen LogP contribution in [-0.4, -0.2) is 13.6 Å². The molecule has 0 spiro atoms. The largest absolute Gasteiger partial charge is 0.399 e. The topological polar surface area (TPSA) is 29.3 Å². The Morgan fingerprint density at radius 3 is 2.82 bits per heavy atom. The SMILES string of the molecule is CN(CCc1cccs1)c1ccc(N)cc1Cl. The predicted octanol–water partition coefficient (Wildman–Crippen LogP) is 3.66. The maximum Gasteiger partial charge on any atom is 0.0659 e. The molecule has 90 valence electrons. The lowest BCUT2D eigenvalue weighted by atomic mass is 10.2. The van der Waals surface area contributed by atoms with Crippen LogP contribution in [0, 0.1) is 0 Å². The Labute approximate surface area is 111 Å². The Balaban J connectivity index is 2.01. The van der Waals surface area contributed by atoms with Crippen molar-refractivity contribution in [1.82, 2.24) is 0 Å². The molecule has 2 aromatic rings. The fourth-order valence-corrected chi connectivity index (χ4v) is 2.72. The standard InChI is InChI=1S/C13H15ClN2S/c1-16(7-6-11-3-2-8-17-11)13-5-4-10(15)9-12(13)14/h2-5,8-9H,6-7,15H2,1H3. The number of thiophene rings is 1. The normalized spacial score (nSPS) is 10.5. The molecule has 0 atom stereocenters. The maximum absolute atomic E-state index is 6.17. The Morgan fingerprint density at radius 2 is 2.18 bits per heavy atom. The van der Waals surface area contributed by atoms with Gasteiger partial charge in [-0.25, -0.2) is 0 Å². The molecule has 0 aliphatic carbocycles. The third-order valence-corrected chi connectivity index (χ3v) is 3.90. The first-order valence-corrected chi connectivity index (χ1v) is 6.71. The first-order valence-electron chi connectivity index (χ1n) is 5.45. The maximum atomic E-state index is 6.17. The zero-order chi connectivity index (χ0) is 12.3. The summed E-state index contributed by atoms with van der Waals surface area (Å²) in [5.74, 6) is 0. The zero-order valence-electron chi connectivity index (χ0n) is 9.69. The summed E-state index contributed by atoms with van der Waals surface area (Å²) in [5.41, 5.74) is 7.40. The molecule has 0 amide bonds. The Kier molecular flexibility index (Phi) is 3.92. The van der Waals surface area contributed by atoms with Crippen molar-refractivity contribution in [2.24, 2.45) is 0 Å². The van der Waals surface area contributed by atoms with Crippen LogP contribution in [0.1, 0.15) is 4.88 Å². The van der Waals surface area contributed by atoms with E-state index in [0.29, 0.717) is 10.7 Å². The fourth-order valence-electron chi connectivity index (χ4n) is 1.69. The first kappa shape index (κ1) is 12.3. The molecule has 0 fully saturated rings. The van der Waals surface area contributed by atoms with Crippen molar-refractivity contribution >= 4 is 34.3 Å². The van der Waals surface area contributed by atoms with E-state index in [4.69, 9.17) is 17.3 Å². The number of likely N-dealkylation sites (N-methyl/N-ethyl adjacent to an activating group) is 1. The van der Waals surface area contributed by atoms with Gasteiger partial charge >= 0.3 is 0 Å². The summed E-state index contributed by atoms with van der Waals surface area (Å²) in [6.45, 7) is 0.949. The molecule has 0 unspecified atom stereocenters. The van der Waals surface area contributed by atoms with Gasteiger partial charge in [0.2, 0.25) is 0 Å². The second-order valence-electron chi connectivity index (χ2n) is 3.96. The Morgan fingerprint density at radius 1 is 1.35 bits per heavy atom. The molecular formula is C13H15ClN2S. The summed E-state index contributed by atoms with van der Waals surface area (Å²) < 4.78 is 0. The molecule has 0 aliphatic heterocycles. The highest BCUT2D eigenvalue weighted by Gasteiger charge is 2.06. The first-order chi connectivity index (χ1) is 8.16. The van der Waals surface area contributed by atoms with E-state index in [1.807, 2.05) is 19.2 Å². The molecule has 2 rings (SSSR count). The smallest absolute Gasteiger partial charge is 0.0659 e. The number of halogens is 1. The lowest BCUT2D eigenvalue weighted by molar-refractivity contribution is 0.888. The van der Waals surface area contributed by atoms with Crippen molar-refractivity contribution in [2.45, 2.75) is 6.42 Å². The number of nitrogens with zero attached hydrogens (tertiary/aromatic N) is 1. The van der Waals surface area contributed by atoms with Crippen LogP contribution in [0.15, 0.2) is 35.7 Å². The minimum absolute atomic E-state index is 0.699. The molecule has 0 aliphatic rings. The third kappa shape index (κ3) is 3.14. The average molecular weight is 267 g/mol. The van der Waals surface area contributed by atoms with Crippen molar-refractivity contribution in [3.05, 3.63) is 45.6 Å². The van der Waals surface area contributed by atoms with E-state index in [1.165, 1.54) is 4.88 Å². The molecule has 0 saturated heterocycles. The van der Waals surface area contributed by atoms with Gasteiger partial charge in [-0.05, 0) is 36.1 Å². The monoisotopic (exact) mass is 266 g/mol. The highest BCUT2D eigenvalue weighted by atomic mass is 35.5. The molecule has 1 aromatic carbocycles. The van der Waals surface area contributed by atoms with Crippen molar-refractivity contribution < 1.29 is 0 Å². The number of rotatable bonds is 4. The number of anilines is 2. The van der Waals surface area contributed by atoms with Gasteiger partial charge in [-0.3, -0.25) is 0 Å². The van der Waals surface area contributed by atoms with E-state index < -0.39 is 0 Å². The summed E-state index contributed by atoms with van der Waals surface area (Å²) in [5, 5.41) is 2.81. The molecule has 1 heterocycles. The molecule has 0 bridgehead atoms. The quantitative estimate of drug-likeness (QED) is 0.856. The summed E-state index contributed by atoms with van der Waals surface area (Å²) in [6, 6.07) is 9.87. The minimum Gasteiger partial charge on any atom is -0.399 e. The number of nitrogens with two attached hydrogens (primary N) is 1. The highest BCUT2D eigenvalue weighted by Crippen LogP contribution is 2.27. The summed E-state index contributed by atoms with van der Waals surface area (Å²) in [6.07, 6.45) is 1.04. The van der Waals surface area contributed by atoms with Gasteiger partial charge in [0, 0.05) is 24.2 Å². The van der Waals surface area contributed by atoms with Gasteiger partial charge in [0.1, 0.15) is 0 Å². The Bertz CT molecular complexity index is 482. The molecule has 2 nitrogen and oxygen atoms in total. The number of hydrogen-bond acceptors (Lipinski definition) is 3. The van der Waals surface area contributed by atoms with Gasteiger partial charge in [0.15, 0.2) is 0 Å². The second kappa shape index (κ2) is 5.43. The zero-order valence-corrected chi connectivity index (χ0v) is 11.3. The van der Waals surface area contributed by atoms with Crippen LogP contribution in [0.2, 0.25) is 5.02 Å². The highest BCUT2D eigenvalue weighted by molar-refractivity contribution is 7.09. The summed E-state index contributed by atoms with van der Waals surface area (Å²) >= 11 is 7.95.